The molecule has 5 nitrogen and oxygen atoms in total. The quantitative estimate of drug-likeness (QED) is 0.792. The summed E-state index contributed by atoms with van der Waals surface area (Å²) >= 11 is 0. The van der Waals surface area contributed by atoms with Gasteiger partial charge in [-0.1, -0.05) is 0 Å². The van der Waals surface area contributed by atoms with Gasteiger partial charge in [0.15, 0.2) is 6.29 Å². The number of nitrogens with zero attached hydrogens (tertiary/aromatic N) is 2. The maximum absolute atomic E-state index is 6.01. The molecule has 0 aliphatic carbocycles. The summed E-state index contributed by atoms with van der Waals surface area (Å²) in [6.07, 6.45) is 4.64. The van der Waals surface area contributed by atoms with Gasteiger partial charge in [-0.15, -0.1) is 0 Å². The summed E-state index contributed by atoms with van der Waals surface area (Å²) in [6, 6.07) is 6.65. The molecule has 2 aromatic rings. The summed E-state index contributed by atoms with van der Waals surface area (Å²) in [6.45, 7) is 7.58. The zero-order chi connectivity index (χ0) is 18.8. The molecule has 5 heteroatoms. The third-order valence-corrected chi connectivity index (χ3v) is 5.75. The van der Waals surface area contributed by atoms with E-state index in [-0.39, 0.29) is 6.29 Å². The number of fused-ring (bicyclic) bond motifs is 1. The Morgan fingerprint density at radius 2 is 2.07 bits per heavy atom. The van der Waals surface area contributed by atoms with Gasteiger partial charge in [-0.05, 0) is 68.9 Å². The van der Waals surface area contributed by atoms with Gasteiger partial charge in [-0.25, -0.2) is 0 Å². The number of aryl methyl sites for hydroxylation is 2. The SMILES string of the molecule is COC1CCN(c2cc(C)nc3cc(CO[C@H]4CCCCO4)c(C)cc23)C1. The number of methoxy groups -OCH3 is 1. The van der Waals surface area contributed by atoms with E-state index in [1.165, 1.54) is 28.6 Å². The lowest BCUT2D eigenvalue weighted by molar-refractivity contribution is -0.169. The number of pyridine rings is 1. The molecule has 0 spiro atoms. The van der Waals surface area contributed by atoms with Crippen LogP contribution in [-0.4, -0.2) is 44.2 Å². The van der Waals surface area contributed by atoms with E-state index < -0.39 is 0 Å². The molecule has 3 heterocycles. The number of rotatable bonds is 5. The molecule has 1 unspecified atom stereocenters. The second-order valence-electron chi connectivity index (χ2n) is 7.78. The lowest BCUT2D eigenvalue weighted by atomic mass is 10.0. The Morgan fingerprint density at radius 3 is 2.81 bits per heavy atom. The molecule has 4 rings (SSSR count). The lowest BCUT2D eigenvalue weighted by Crippen LogP contribution is -2.23. The van der Waals surface area contributed by atoms with Crippen LogP contribution >= 0.6 is 0 Å². The Balaban J connectivity index is 1.60. The highest BCUT2D eigenvalue weighted by Gasteiger charge is 2.24. The molecule has 2 saturated heterocycles. The second-order valence-corrected chi connectivity index (χ2v) is 7.78. The molecule has 1 aromatic carbocycles. The van der Waals surface area contributed by atoms with Crippen LogP contribution < -0.4 is 4.90 Å². The molecule has 2 fully saturated rings. The Labute approximate surface area is 161 Å². The van der Waals surface area contributed by atoms with E-state index in [1.54, 1.807) is 7.11 Å². The molecule has 0 saturated carbocycles. The standard InChI is InChI=1S/C22H30N2O3/c1-15-10-19-20(12-17(15)14-27-22-6-4-5-9-26-22)23-16(2)11-21(19)24-8-7-18(13-24)25-3/h10-12,18,22H,4-9,13-14H2,1-3H3/t18?,22-/m0/s1. The summed E-state index contributed by atoms with van der Waals surface area (Å²) in [7, 11) is 1.80. The molecule has 0 N–H and O–H groups in total. The van der Waals surface area contributed by atoms with Crippen molar-refractivity contribution in [1.29, 1.82) is 0 Å². The molecule has 146 valence electrons. The molecule has 0 bridgehead atoms. The van der Waals surface area contributed by atoms with Gasteiger partial charge >= 0.3 is 0 Å². The van der Waals surface area contributed by atoms with Crippen LogP contribution in [0.3, 0.4) is 0 Å². The van der Waals surface area contributed by atoms with Crippen LogP contribution in [-0.2, 0) is 20.8 Å². The fourth-order valence-corrected chi connectivity index (χ4v) is 4.12. The first kappa shape index (κ1) is 18.7. The molecule has 27 heavy (non-hydrogen) atoms. The normalized spacial score (nSPS) is 23.3. The Hall–Kier alpha value is -1.69. The molecule has 2 aliphatic rings. The monoisotopic (exact) mass is 370 g/mol. The van der Waals surface area contributed by atoms with Crippen LogP contribution in [0.25, 0.3) is 10.9 Å². The molecule has 2 atom stereocenters. The Morgan fingerprint density at radius 1 is 1.19 bits per heavy atom. The predicted octanol–water partition coefficient (Wildman–Crippen LogP) is 4.12. The summed E-state index contributed by atoms with van der Waals surface area (Å²) in [5.74, 6) is 0. The number of hydrogen-bond acceptors (Lipinski definition) is 5. The first-order chi connectivity index (χ1) is 13.1. The third-order valence-electron chi connectivity index (χ3n) is 5.75. The average molecular weight is 370 g/mol. The first-order valence-electron chi connectivity index (χ1n) is 10.1. The Bertz CT molecular complexity index is 802. The van der Waals surface area contributed by atoms with Crippen LogP contribution in [0.2, 0.25) is 0 Å². The van der Waals surface area contributed by atoms with E-state index in [1.807, 2.05) is 0 Å². The summed E-state index contributed by atoms with van der Waals surface area (Å²) < 4.78 is 17.3. The number of aromatic nitrogens is 1. The minimum atomic E-state index is -0.0644. The van der Waals surface area contributed by atoms with Gasteiger partial charge in [0.05, 0.1) is 18.2 Å². The fourth-order valence-electron chi connectivity index (χ4n) is 4.12. The van der Waals surface area contributed by atoms with Crippen molar-refractivity contribution in [3.05, 3.63) is 35.0 Å². The van der Waals surface area contributed by atoms with E-state index >= 15 is 0 Å². The summed E-state index contributed by atoms with van der Waals surface area (Å²) in [5, 5.41) is 1.22. The first-order valence-corrected chi connectivity index (χ1v) is 10.1. The van der Waals surface area contributed by atoms with Gasteiger partial charge < -0.3 is 19.1 Å². The molecule has 0 amide bonds. The Kier molecular flexibility index (Phi) is 5.62. The van der Waals surface area contributed by atoms with E-state index in [0.29, 0.717) is 12.7 Å². The van der Waals surface area contributed by atoms with E-state index in [9.17, 15) is 0 Å². The molecular formula is C22H30N2O3. The second kappa shape index (κ2) is 8.13. The maximum Gasteiger partial charge on any atom is 0.158 e. The van der Waals surface area contributed by atoms with Crippen LogP contribution in [0.1, 0.15) is 42.5 Å². The van der Waals surface area contributed by atoms with Crippen LogP contribution in [0.5, 0.6) is 0 Å². The largest absolute Gasteiger partial charge is 0.380 e. The topological polar surface area (TPSA) is 43.8 Å². The van der Waals surface area contributed by atoms with Crippen LogP contribution in [0.15, 0.2) is 18.2 Å². The lowest BCUT2D eigenvalue weighted by Gasteiger charge is -2.24. The van der Waals surface area contributed by atoms with Gasteiger partial charge in [0, 0.05) is 43.6 Å². The third kappa shape index (κ3) is 4.10. The molecule has 1 aromatic heterocycles. The summed E-state index contributed by atoms with van der Waals surface area (Å²) in [4.78, 5) is 7.23. The number of anilines is 1. The van der Waals surface area contributed by atoms with E-state index in [4.69, 9.17) is 19.2 Å². The summed E-state index contributed by atoms with van der Waals surface area (Å²) in [5.41, 5.74) is 5.79. The van der Waals surface area contributed by atoms with Crippen molar-refractivity contribution < 1.29 is 14.2 Å². The van der Waals surface area contributed by atoms with Gasteiger partial charge in [0.2, 0.25) is 0 Å². The smallest absolute Gasteiger partial charge is 0.158 e. The zero-order valence-electron chi connectivity index (χ0n) is 16.7. The zero-order valence-corrected chi connectivity index (χ0v) is 16.7. The highest BCUT2D eigenvalue weighted by Crippen LogP contribution is 2.32. The fraction of sp³-hybridized carbons (Fsp3) is 0.591. The van der Waals surface area contributed by atoms with Crippen molar-refractivity contribution in [1.82, 2.24) is 4.98 Å². The minimum Gasteiger partial charge on any atom is -0.380 e. The van der Waals surface area contributed by atoms with Crippen molar-refractivity contribution in [2.45, 2.75) is 58.5 Å². The van der Waals surface area contributed by atoms with Crippen molar-refractivity contribution >= 4 is 16.6 Å². The van der Waals surface area contributed by atoms with Gasteiger partial charge in [-0.3, -0.25) is 4.98 Å². The van der Waals surface area contributed by atoms with Crippen molar-refractivity contribution in [2.75, 3.05) is 31.7 Å². The number of benzene rings is 1. The highest BCUT2D eigenvalue weighted by molar-refractivity contribution is 5.93. The van der Waals surface area contributed by atoms with Gasteiger partial charge in [0.25, 0.3) is 0 Å². The average Bonchev–Trinajstić information content (AvgIpc) is 3.16. The number of ether oxygens (including phenoxy) is 3. The van der Waals surface area contributed by atoms with Crippen molar-refractivity contribution in [3.8, 4) is 0 Å². The minimum absolute atomic E-state index is 0.0644. The van der Waals surface area contributed by atoms with E-state index in [0.717, 1.165) is 50.2 Å². The van der Waals surface area contributed by atoms with Gasteiger partial charge in [-0.2, -0.15) is 0 Å². The maximum atomic E-state index is 6.01. The van der Waals surface area contributed by atoms with Crippen LogP contribution in [0, 0.1) is 13.8 Å². The number of hydrogen-bond donors (Lipinski definition) is 0. The molecular weight excluding hydrogens is 340 g/mol. The molecule has 0 radical (unpaired) electrons. The molecule has 2 aliphatic heterocycles. The van der Waals surface area contributed by atoms with Crippen molar-refractivity contribution in [3.63, 3.8) is 0 Å². The van der Waals surface area contributed by atoms with E-state index in [2.05, 4.69) is 36.9 Å². The van der Waals surface area contributed by atoms with Crippen molar-refractivity contribution in [2.24, 2.45) is 0 Å². The highest BCUT2D eigenvalue weighted by atomic mass is 16.7. The predicted molar refractivity (Wildman–Crippen MR) is 107 cm³/mol. The van der Waals surface area contributed by atoms with Crippen LogP contribution in [0.4, 0.5) is 5.69 Å². The van der Waals surface area contributed by atoms with Gasteiger partial charge in [0.1, 0.15) is 0 Å².